The Morgan fingerprint density at radius 2 is 1.94 bits per heavy atom. The summed E-state index contributed by atoms with van der Waals surface area (Å²) in [6, 6.07) is -0.0552. The number of piperidine rings is 1. The van der Waals surface area contributed by atoms with Gasteiger partial charge in [-0.05, 0) is 19.4 Å². The van der Waals surface area contributed by atoms with Crippen LogP contribution in [0.5, 0.6) is 0 Å². The molecule has 0 radical (unpaired) electrons. The predicted molar refractivity (Wildman–Crippen MR) is 64.7 cm³/mol. The van der Waals surface area contributed by atoms with E-state index in [0.717, 1.165) is 25.8 Å². The van der Waals surface area contributed by atoms with E-state index in [0.29, 0.717) is 26.2 Å². The van der Waals surface area contributed by atoms with E-state index < -0.39 is 6.43 Å². The average molecular weight is 261 g/mol. The second-order valence-corrected chi connectivity index (χ2v) is 5.02. The van der Waals surface area contributed by atoms with Crippen molar-refractivity contribution in [3.05, 3.63) is 0 Å². The third-order valence-corrected chi connectivity index (χ3v) is 3.69. The smallest absolute Gasteiger partial charge is 0.251 e. The molecule has 0 saturated carbocycles. The van der Waals surface area contributed by atoms with E-state index in [4.69, 9.17) is 0 Å². The van der Waals surface area contributed by atoms with Crippen molar-refractivity contribution in [2.75, 3.05) is 39.3 Å². The second kappa shape index (κ2) is 6.43. The summed E-state index contributed by atoms with van der Waals surface area (Å²) in [4.78, 5) is 15.7. The fourth-order valence-electron chi connectivity index (χ4n) is 2.63. The maximum absolute atomic E-state index is 12.2. The highest BCUT2D eigenvalue weighted by atomic mass is 19.3. The van der Waals surface area contributed by atoms with Gasteiger partial charge in [0.15, 0.2) is 0 Å². The van der Waals surface area contributed by atoms with Crippen molar-refractivity contribution in [2.24, 2.45) is 0 Å². The number of carbonyl (C=O) groups excluding carboxylic acids is 1. The van der Waals surface area contributed by atoms with Gasteiger partial charge in [-0.2, -0.15) is 0 Å². The van der Waals surface area contributed by atoms with Crippen LogP contribution in [0.3, 0.4) is 0 Å². The number of piperazine rings is 1. The molecule has 1 amide bonds. The zero-order valence-electron chi connectivity index (χ0n) is 10.6. The SMILES string of the molecule is O=C(C1CCCCN1)N1CCN(CC(F)F)CC1. The van der Waals surface area contributed by atoms with Crippen LogP contribution in [-0.2, 0) is 4.79 Å². The molecule has 2 aliphatic rings. The minimum Gasteiger partial charge on any atom is -0.339 e. The molecule has 2 heterocycles. The van der Waals surface area contributed by atoms with Gasteiger partial charge in [-0.1, -0.05) is 6.42 Å². The van der Waals surface area contributed by atoms with Crippen LogP contribution in [0.2, 0.25) is 0 Å². The normalized spacial score (nSPS) is 26.6. The Hall–Kier alpha value is -0.750. The Kier molecular flexibility index (Phi) is 4.88. The molecule has 1 atom stereocenters. The first-order valence-electron chi connectivity index (χ1n) is 6.69. The van der Waals surface area contributed by atoms with Gasteiger partial charge in [0.1, 0.15) is 0 Å². The van der Waals surface area contributed by atoms with Crippen molar-refractivity contribution in [1.82, 2.24) is 15.1 Å². The lowest BCUT2D eigenvalue weighted by atomic mass is 10.0. The Balaban J connectivity index is 1.76. The number of alkyl halides is 2. The van der Waals surface area contributed by atoms with Crippen LogP contribution >= 0.6 is 0 Å². The summed E-state index contributed by atoms with van der Waals surface area (Å²) in [5.41, 5.74) is 0. The molecular formula is C12H21F2N3O. The fraction of sp³-hybridized carbons (Fsp3) is 0.917. The molecule has 0 aromatic heterocycles. The highest BCUT2D eigenvalue weighted by Crippen LogP contribution is 2.12. The fourth-order valence-corrected chi connectivity index (χ4v) is 2.63. The number of hydrogen-bond acceptors (Lipinski definition) is 3. The number of hydrogen-bond donors (Lipinski definition) is 1. The topological polar surface area (TPSA) is 35.6 Å². The van der Waals surface area contributed by atoms with E-state index in [9.17, 15) is 13.6 Å². The lowest BCUT2D eigenvalue weighted by molar-refractivity contribution is -0.136. The standard InChI is InChI=1S/C12H21F2N3O/c13-11(14)9-16-5-7-17(8-6-16)12(18)10-3-1-2-4-15-10/h10-11,15H,1-9H2. The first kappa shape index (κ1) is 13.7. The third-order valence-electron chi connectivity index (χ3n) is 3.69. The number of nitrogens with zero attached hydrogens (tertiary/aromatic N) is 2. The van der Waals surface area contributed by atoms with Crippen molar-refractivity contribution >= 4 is 5.91 Å². The summed E-state index contributed by atoms with van der Waals surface area (Å²) < 4.78 is 24.5. The van der Waals surface area contributed by atoms with Crippen LogP contribution in [0, 0.1) is 0 Å². The molecule has 0 aromatic carbocycles. The van der Waals surface area contributed by atoms with E-state index in [1.54, 1.807) is 4.90 Å². The van der Waals surface area contributed by atoms with Gasteiger partial charge in [-0.15, -0.1) is 0 Å². The minimum absolute atomic E-state index is 0.0552. The Morgan fingerprint density at radius 3 is 2.50 bits per heavy atom. The molecule has 104 valence electrons. The van der Waals surface area contributed by atoms with Gasteiger partial charge in [0, 0.05) is 26.2 Å². The maximum atomic E-state index is 12.2. The van der Waals surface area contributed by atoms with E-state index >= 15 is 0 Å². The quantitative estimate of drug-likeness (QED) is 0.805. The lowest BCUT2D eigenvalue weighted by Crippen LogP contribution is -2.55. The molecule has 0 aliphatic carbocycles. The summed E-state index contributed by atoms with van der Waals surface area (Å²) in [6.07, 6.45) is 0.837. The van der Waals surface area contributed by atoms with Crippen LogP contribution in [0.4, 0.5) is 8.78 Å². The Morgan fingerprint density at radius 1 is 1.22 bits per heavy atom. The van der Waals surface area contributed by atoms with E-state index in [1.807, 2.05) is 4.90 Å². The largest absolute Gasteiger partial charge is 0.339 e. The molecule has 0 bridgehead atoms. The maximum Gasteiger partial charge on any atom is 0.251 e. The molecule has 0 spiro atoms. The monoisotopic (exact) mass is 261 g/mol. The van der Waals surface area contributed by atoms with Gasteiger partial charge < -0.3 is 10.2 Å². The zero-order valence-corrected chi connectivity index (χ0v) is 10.6. The van der Waals surface area contributed by atoms with Crippen molar-refractivity contribution in [3.8, 4) is 0 Å². The number of halogens is 2. The van der Waals surface area contributed by atoms with E-state index in [1.165, 1.54) is 0 Å². The Labute approximate surface area is 106 Å². The van der Waals surface area contributed by atoms with E-state index in [-0.39, 0.29) is 18.5 Å². The first-order chi connectivity index (χ1) is 8.66. The van der Waals surface area contributed by atoms with Crippen LogP contribution in [0.1, 0.15) is 19.3 Å². The number of nitrogens with one attached hydrogen (secondary N) is 1. The molecule has 2 aliphatic heterocycles. The number of carbonyl (C=O) groups is 1. The molecule has 2 rings (SSSR count). The van der Waals surface area contributed by atoms with Crippen LogP contribution in [0.15, 0.2) is 0 Å². The number of rotatable bonds is 3. The lowest BCUT2D eigenvalue weighted by Gasteiger charge is -2.37. The Bertz CT molecular complexity index is 274. The number of amides is 1. The van der Waals surface area contributed by atoms with Crippen molar-refractivity contribution in [2.45, 2.75) is 31.7 Å². The molecule has 1 unspecified atom stereocenters. The average Bonchev–Trinajstić information content (AvgIpc) is 2.39. The van der Waals surface area contributed by atoms with Crippen molar-refractivity contribution in [3.63, 3.8) is 0 Å². The summed E-state index contributed by atoms with van der Waals surface area (Å²) in [6.45, 7) is 2.99. The molecule has 18 heavy (non-hydrogen) atoms. The van der Waals surface area contributed by atoms with Gasteiger partial charge in [-0.25, -0.2) is 8.78 Å². The van der Waals surface area contributed by atoms with E-state index in [2.05, 4.69) is 5.32 Å². The first-order valence-corrected chi connectivity index (χ1v) is 6.69. The van der Waals surface area contributed by atoms with Crippen LogP contribution in [-0.4, -0.2) is 67.4 Å². The minimum atomic E-state index is -2.28. The predicted octanol–water partition coefficient (Wildman–Crippen LogP) is 0.538. The zero-order chi connectivity index (χ0) is 13.0. The molecule has 1 N–H and O–H groups in total. The van der Waals surface area contributed by atoms with Gasteiger partial charge in [-0.3, -0.25) is 9.69 Å². The van der Waals surface area contributed by atoms with Crippen LogP contribution in [0.25, 0.3) is 0 Å². The van der Waals surface area contributed by atoms with Gasteiger partial charge >= 0.3 is 0 Å². The van der Waals surface area contributed by atoms with Gasteiger partial charge in [0.25, 0.3) is 6.43 Å². The molecule has 2 fully saturated rings. The van der Waals surface area contributed by atoms with Crippen molar-refractivity contribution in [1.29, 1.82) is 0 Å². The molecule has 0 aromatic rings. The van der Waals surface area contributed by atoms with Crippen LogP contribution < -0.4 is 5.32 Å². The highest BCUT2D eigenvalue weighted by molar-refractivity contribution is 5.82. The molecular weight excluding hydrogens is 240 g/mol. The van der Waals surface area contributed by atoms with Crippen molar-refractivity contribution < 1.29 is 13.6 Å². The summed E-state index contributed by atoms with van der Waals surface area (Å²) in [5, 5.41) is 3.23. The van der Waals surface area contributed by atoms with Gasteiger partial charge in [0.05, 0.1) is 12.6 Å². The summed E-state index contributed by atoms with van der Waals surface area (Å²) >= 11 is 0. The third kappa shape index (κ3) is 3.62. The molecule has 4 nitrogen and oxygen atoms in total. The second-order valence-electron chi connectivity index (χ2n) is 5.02. The summed E-state index contributed by atoms with van der Waals surface area (Å²) in [7, 11) is 0. The molecule has 6 heteroatoms. The van der Waals surface area contributed by atoms with Gasteiger partial charge in [0.2, 0.25) is 5.91 Å². The summed E-state index contributed by atoms with van der Waals surface area (Å²) in [5.74, 6) is 0.145. The highest BCUT2D eigenvalue weighted by Gasteiger charge is 2.28. The molecule has 2 saturated heterocycles.